The summed E-state index contributed by atoms with van der Waals surface area (Å²) >= 11 is 0. The number of nitro benzene ring substituents is 1. The number of non-ortho nitro benzene ring substituents is 1. The molecule has 1 amide bonds. The lowest BCUT2D eigenvalue weighted by Crippen LogP contribution is -2.68. The number of nitrogens with one attached hydrogen (secondary N) is 1. The number of carbonyl (C=O) groups is 1. The number of benzene rings is 2. The number of nitro groups is 1. The molecule has 0 spiro atoms. The average Bonchev–Trinajstić information content (AvgIpc) is 2.85. The fourth-order valence-corrected chi connectivity index (χ4v) is 4.24. The molecule has 2 aliphatic heterocycles. The van der Waals surface area contributed by atoms with Crippen molar-refractivity contribution in [3.05, 3.63) is 75.8 Å². The number of hydrogen-bond donors (Lipinski definition) is 1. The SMILES string of the molecule is CC1(C)c2ccccc2N2CCC(=O)N[C@@]21/C=C/c1ccc([N+](=O)[O-])cc1. The highest BCUT2D eigenvalue weighted by molar-refractivity contribution is 5.84. The minimum atomic E-state index is -0.673. The maximum Gasteiger partial charge on any atom is 0.269 e. The van der Waals surface area contributed by atoms with Crippen molar-refractivity contribution < 1.29 is 9.72 Å². The number of rotatable bonds is 3. The summed E-state index contributed by atoms with van der Waals surface area (Å²) in [6, 6.07) is 14.7. The van der Waals surface area contributed by atoms with Gasteiger partial charge in [0.15, 0.2) is 0 Å². The van der Waals surface area contributed by atoms with E-state index in [2.05, 4.69) is 36.2 Å². The Bertz CT molecular complexity index is 949. The van der Waals surface area contributed by atoms with E-state index in [1.807, 2.05) is 24.3 Å². The van der Waals surface area contributed by atoms with Crippen LogP contribution >= 0.6 is 0 Å². The summed E-state index contributed by atoms with van der Waals surface area (Å²) in [5, 5.41) is 14.1. The Balaban J connectivity index is 1.78. The Morgan fingerprint density at radius 1 is 1.15 bits per heavy atom. The van der Waals surface area contributed by atoms with E-state index in [1.54, 1.807) is 12.1 Å². The third kappa shape index (κ3) is 2.51. The first-order chi connectivity index (χ1) is 12.8. The molecule has 2 aromatic rings. The first kappa shape index (κ1) is 17.3. The van der Waals surface area contributed by atoms with E-state index in [0.29, 0.717) is 13.0 Å². The minimum Gasteiger partial charge on any atom is -0.344 e. The Labute approximate surface area is 157 Å². The van der Waals surface area contributed by atoms with Gasteiger partial charge in [-0.25, -0.2) is 0 Å². The summed E-state index contributed by atoms with van der Waals surface area (Å²) in [6.45, 7) is 4.92. The maximum atomic E-state index is 12.3. The van der Waals surface area contributed by atoms with Gasteiger partial charge in [-0.2, -0.15) is 0 Å². The summed E-state index contributed by atoms with van der Waals surface area (Å²) in [5.74, 6) is 0.0282. The molecule has 6 heteroatoms. The number of hydrogen-bond acceptors (Lipinski definition) is 4. The molecule has 0 bridgehead atoms. The zero-order valence-corrected chi connectivity index (χ0v) is 15.3. The Kier molecular flexibility index (Phi) is 3.80. The Morgan fingerprint density at radius 2 is 1.85 bits per heavy atom. The first-order valence-electron chi connectivity index (χ1n) is 8.97. The third-order valence-electron chi connectivity index (χ3n) is 5.76. The van der Waals surface area contributed by atoms with Crippen LogP contribution in [0.15, 0.2) is 54.6 Å². The molecule has 0 aliphatic carbocycles. The number of nitrogens with zero attached hydrogens (tertiary/aromatic N) is 2. The second-order valence-corrected chi connectivity index (χ2v) is 7.54. The lowest BCUT2D eigenvalue weighted by Gasteiger charge is -2.49. The summed E-state index contributed by atoms with van der Waals surface area (Å²) < 4.78 is 0. The maximum absolute atomic E-state index is 12.3. The van der Waals surface area contributed by atoms with Crippen LogP contribution < -0.4 is 10.2 Å². The largest absolute Gasteiger partial charge is 0.344 e. The summed E-state index contributed by atoms with van der Waals surface area (Å²) in [7, 11) is 0. The highest BCUT2D eigenvalue weighted by Crippen LogP contribution is 2.52. The standard InChI is InChI=1S/C21H21N3O3/c1-20(2)17-5-3-4-6-18(17)23-14-12-19(25)22-21(20,23)13-11-15-7-9-16(10-8-15)24(26)27/h3-11,13H,12,14H2,1-2H3,(H,22,25)/b13-11+/t21-/m0/s1. The molecule has 0 radical (unpaired) electrons. The van der Waals surface area contributed by atoms with E-state index in [9.17, 15) is 14.9 Å². The van der Waals surface area contributed by atoms with Crippen molar-refractivity contribution >= 4 is 23.4 Å². The summed E-state index contributed by atoms with van der Waals surface area (Å²) in [4.78, 5) is 25.0. The van der Waals surface area contributed by atoms with Gasteiger partial charge >= 0.3 is 0 Å². The van der Waals surface area contributed by atoms with Crippen LogP contribution in [-0.4, -0.2) is 23.0 Å². The highest BCUT2D eigenvalue weighted by atomic mass is 16.6. The zero-order valence-electron chi connectivity index (χ0n) is 15.3. The molecular weight excluding hydrogens is 342 g/mol. The topological polar surface area (TPSA) is 75.5 Å². The van der Waals surface area contributed by atoms with Crippen LogP contribution in [0.25, 0.3) is 6.08 Å². The number of amides is 1. The second kappa shape index (κ2) is 5.94. The lowest BCUT2D eigenvalue weighted by atomic mass is 9.74. The Hall–Kier alpha value is -3.15. The number of anilines is 1. The summed E-state index contributed by atoms with van der Waals surface area (Å²) in [6.07, 6.45) is 4.40. The molecule has 6 nitrogen and oxygen atoms in total. The molecule has 1 saturated heterocycles. The van der Waals surface area contributed by atoms with Crippen molar-refractivity contribution in [3.63, 3.8) is 0 Å². The van der Waals surface area contributed by atoms with Crippen LogP contribution in [0.1, 0.15) is 31.4 Å². The zero-order chi connectivity index (χ0) is 19.2. The van der Waals surface area contributed by atoms with Crippen LogP contribution in [0.5, 0.6) is 0 Å². The van der Waals surface area contributed by atoms with Crippen LogP contribution in [0, 0.1) is 10.1 Å². The molecule has 2 heterocycles. The van der Waals surface area contributed by atoms with Crippen molar-refractivity contribution in [2.75, 3.05) is 11.4 Å². The van der Waals surface area contributed by atoms with Gasteiger partial charge in [0.1, 0.15) is 5.66 Å². The van der Waals surface area contributed by atoms with Crippen molar-refractivity contribution in [2.24, 2.45) is 0 Å². The smallest absolute Gasteiger partial charge is 0.269 e. The van der Waals surface area contributed by atoms with E-state index in [0.717, 1.165) is 11.3 Å². The highest BCUT2D eigenvalue weighted by Gasteiger charge is 2.57. The molecule has 138 valence electrons. The predicted molar refractivity (Wildman–Crippen MR) is 104 cm³/mol. The molecule has 1 atom stereocenters. The van der Waals surface area contributed by atoms with Crippen LogP contribution in [0.3, 0.4) is 0 Å². The van der Waals surface area contributed by atoms with Crippen LogP contribution in [-0.2, 0) is 10.2 Å². The van der Waals surface area contributed by atoms with Gasteiger partial charge in [0, 0.05) is 36.2 Å². The van der Waals surface area contributed by atoms with Crippen molar-refractivity contribution in [1.29, 1.82) is 0 Å². The van der Waals surface area contributed by atoms with Gasteiger partial charge in [0.2, 0.25) is 5.91 Å². The van der Waals surface area contributed by atoms with Crippen LogP contribution in [0.4, 0.5) is 11.4 Å². The Morgan fingerprint density at radius 3 is 2.56 bits per heavy atom. The fourth-order valence-electron chi connectivity index (χ4n) is 4.24. The van der Waals surface area contributed by atoms with Gasteiger partial charge in [-0.1, -0.05) is 38.1 Å². The molecule has 1 fully saturated rings. The summed E-state index contributed by atoms with van der Waals surface area (Å²) in [5.41, 5.74) is 2.23. The van der Waals surface area contributed by atoms with Gasteiger partial charge in [0.05, 0.1) is 4.92 Å². The van der Waals surface area contributed by atoms with Gasteiger partial charge in [-0.3, -0.25) is 14.9 Å². The van der Waals surface area contributed by atoms with Gasteiger partial charge in [-0.15, -0.1) is 0 Å². The van der Waals surface area contributed by atoms with E-state index in [1.165, 1.54) is 17.7 Å². The molecule has 27 heavy (non-hydrogen) atoms. The minimum absolute atomic E-state index is 0.0282. The lowest BCUT2D eigenvalue weighted by molar-refractivity contribution is -0.384. The monoisotopic (exact) mass is 363 g/mol. The molecule has 1 N–H and O–H groups in total. The van der Waals surface area contributed by atoms with Crippen molar-refractivity contribution in [1.82, 2.24) is 5.32 Å². The molecule has 0 saturated carbocycles. The normalized spacial score (nSPS) is 23.0. The van der Waals surface area contributed by atoms with Crippen LogP contribution in [0.2, 0.25) is 0 Å². The molecule has 2 aliphatic rings. The van der Waals surface area contributed by atoms with Gasteiger partial charge in [0.25, 0.3) is 5.69 Å². The quantitative estimate of drug-likeness (QED) is 0.667. The number of carbonyl (C=O) groups excluding carboxylic acids is 1. The van der Waals surface area contributed by atoms with Crippen molar-refractivity contribution in [2.45, 2.75) is 31.3 Å². The molecule has 2 aromatic carbocycles. The third-order valence-corrected chi connectivity index (χ3v) is 5.76. The predicted octanol–water partition coefficient (Wildman–Crippen LogP) is 3.62. The first-order valence-corrected chi connectivity index (χ1v) is 8.97. The number of fused-ring (bicyclic) bond motifs is 3. The van der Waals surface area contributed by atoms with E-state index >= 15 is 0 Å². The van der Waals surface area contributed by atoms with E-state index < -0.39 is 10.6 Å². The number of para-hydroxylation sites is 1. The molecule has 0 unspecified atom stereocenters. The van der Waals surface area contributed by atoms with E-state index in [4.69, 9.17) is 0 Å². The van der Waals surface area contributed by atoms with Gasteiger partial charge in [-0.05, 0) is 35.4 Å². The fraction of sp³-hybridized carbons (Fsp3) is 0.286. The van der Waals surface area contributed by atoms with Crippen molar-refractivity contribution in [3.8, 4) is 0 Å². The van der Waals surface area contributed by atoms with E-state index in [-0.39, 0.29) is 17.0 Å². The van der Waals surface area contributed by atoms with Gasteiger partial charge < -0.3 is 10.2 Å². The molecular formula is C21H21N3O3. The molecule has 0 aromatic heterocycles. The molecule has 4 rings (SSSR count). The second-order valence-electron chi connectivity index (χ2n) is 7.54. The average molecular weight is 363 g/mol.